The number of hydrogen-bond acceptors (Lipinski definition) is 11. The molecule has 2 aromatic carbocycles. The number of allylic oxidation sites excluding steroid dienone is 1. The summed E-state index contributed by atoms with van der Waals surface area (Å²) >= 11 is 0. The van der Waals surface area contributed by atoms with Crippen molar-refractivity contribution in [2.24, 2.45) is 20.7 Å². The fraction of sp³-hybridized carbons (Fsp3) is 0.310. The van der Waals surface area contributed by atoms with E-state index in [9.17, 15) is 26.4 Å². The van der Waals surface area contributed by atoms with Crippen LogP contribution in [0, 0.1) is 6.92 Å². The number of nitrogens with one attached hydrogen (secondary N) is 3. The first-order chi connectivity index (χ1) is 21.6. The number of rotatable bonds is 8. The normalized spacial score (nSPS) is 17.8. The molecule has 2 aliphatic heterocycles. The van der Waals surface area contributed by atoms with E-state index in [1.54, 1.807) is 13.0 Å². The average molecular weight is 662 g/mol. The summed E-state index contributed by atoms with van der Waals surface area (Å²) < 4.78 is 71.9. The summed E-state index contributed by atoms with van der Waals surface area (Å²) in [7, 11) is -0.825. The smallest absolute Gasteiger partial charge is 0.416 e. The summed E-state index contributed by atoms with van der Waals surface area (Å²) in [4.78, 5) is 30.9. The third-order valence-electron chi connectivity index (χ3n) is 6.96. The van der Waals surface area contributed by atoms with E-state index in [1.807, 2.05) is 16.7 Å². The molecule has 0 bridgehead atoms. The Morgan fingerprint density at radius 1 is 1.11 bits per heavy atom. The lowest BCUT2D eigenvalue weighted by molar-refractivity contribution is -0.137. The Labute approximate surface area is 264 Å². The van der Waals surface area contributed by atoms with Crippen molar-refractivity contribution in [2.75, 3.05) is 61.9 Å². The van der Waals surface area contributed by atoms with Crippen molar-refractivity contribution >= 4 is 50.9 Å². The molecule has 17 heteroatoms. The van der Waals surface area contributed by atoms with Crippen LogP contribution in [0.2, 0.25) is 0 Å². The first-order valence-corrected chi connectivity index (χ1v) is 15.7. The number of carbonyl (C=O) groups excluding carboxylic acids is 1. The Bertz CT molecular complexity index is 1760. The Kier molecular flexibility index (Phi) is 10.1. The molecular weight excluding hydrogens is 627 g/mol. The number of benzene rings is 2. The minimum atomic E-state index is -4.85. The zero-order chi connectivity index (χ0) is 33.8. The third kappa shape index (κ3) is 8.22. The van der Waals surface area contributed by atoms with Gasteiger partial charge in [0.15, 0.2) is 5.75 Å². The predicted molar refractivity (Wildman–Crippen MR) is 173 cm³/mol. The van der Waals surface area contributed by atoms with Crippen LogP contribution in [-0.4, -0.2) is 88.6 Å². The molecule has 0 aromatic heterocycles. The van der Waals surface area contributed by atoms with Crippen molar-refractivity contribution < 1.29 is 31.1 Å². The van der Waals surface area contributed by atoms with Crippen LogP contribution in [0.15, 0.2) is 69.6 Å². The van der Waals surface area contributed by atoms with Gasteiger partial charge in [0.05, 0.1) is 36.5 Å². The van der Waals surface area contributed by atoms with Gasteiger partial charge in [0.1, 0.15) is 17.2 Å². The molecule has 2 aromatic rings. The van der Waals surface area contributed by atoms with Crippen LogP contribution < -0.4 is 25.8 Å². The maximum absolute atomic E-state index is 13.7. The molecule has 0 unspecified atom stereocenters. The van der Waals surface area contributed by atoms with Gasteiger partial charge in [0.2, 0.25) is 16.0 Å². The van der Waals surface area contributed by atoms with Gasteiger partial charge in [-0.3, -0.25) is 14.5 Å². The molecule has 4 rings (SSSR count). The highest BCUT2D eigenvalue weighted by Crippen LogP contribution is 2.41. The van der Waals surface area contributed by atoms with E-state index in [0.29, 0.717) is 40.8 Å². The minimum absolute atomic E-state index is 0.0507. The molecule has 2 aliphatic rings. The zero-order valence-corrected chi connectivity index (χ0v) is 26.4. The zero-order valence-electron chi connectivity index (χ0n) is 25.6. The monoisotopic (exact) mass is 661 g/mol. The molecule has 0 saturated carbocycles. The highest BCUT2D eigenvalue weighted by atomic mass is 32.2. The summed E-state index contributed by atoms with van der Waals surface area (Å²) in [5.41, 5.74) is 6.18. The number of sulfonamides is 1. The van der Waals surface area contributed by atoms with Crippen molar-refractivity contribution in [3.63, 3.8) is 0 Å². The van der Waals surface area contributed by atoms with Gasteiger partial charge >= 0.3 is 6.18 Å². The van der Waals surface area contributed by atoms with Gasteiger partial charge in [0, 0.05) is 43.6 Å². The van der Waals surface area contributed by atoms with Crippen molar-refractivity contribution in [1.82, 2.24) is 9.80 Å². The first kappa shape index (κ1) is 34.0. The van der Waals surface area contributed by atoms with E-state index < -0.39 is 39.0 Å². The number of anilines is 3. The molecule has 46 heavy (non-hydrogen) atoms. The minimum Gasteiger partial charge on any atom is -0.492 e. The number of halogens is 3. The summed E-state index contributed by atoms with van der Waals surface area (Å²) in [6.07, 6.45) is -1.20. The molecule has 13 nitrogen and oxygen atoms in total. The Hall–Kier alpha value is -4.90. The quantitative estimate of drug-likeness (QED) is 0.334. The average Bonchev–Trinajstić information content (AvgIpc) is 2.97. The van der Waals surface area contributed by atoms with Crippen molar-refractivity contribution in [3.8, 4) is 5.75 Å². The number of ether oxygens (including phenoxy) is 1. The lowest BCUT2D eigenvalue weighted by Gasteiger charge is -2.33. The van der Waals surface area contributed by atoms with Crippen LogP contribution in [0.3, 0.4) is 0 Å². The van der Waals surface area contributed by atoms with E-state index in [-0.39, 0.29) is 17.1 Å². The summed E-state index contributed by atoms with van der Waals surface area (Å²) in [6, 6.07) is 5.78. The van der Waals surface area contributed by atoms with E-state index in [0.717, 1.165) is 39.5 Å². The number of nitrogens with two attached hydrogens (primary N) is 1. The largest absolute Gasteiger partial charge is 0.492 e. The van der Waals surface area contributed by atoms with Crippen LogP contribution in [0.5, 0.6) is 5.75 Å². The lowest BCUT2D eigenvalue weighted by atomic mass is 10.1. The molecule has 0 aliphatic carbocycles. The molecule has 1 fully saturated rings. The van der Waals surface area contributed by atoms with Gasteiger partial charge in [-0.2, -0.15) is 13.2 Å². The molecule has 246 valence electrons. The second-order valence-electron chi connectivity index (χ2n) is 10.5. The lowest BCUT2D eigenvalue weighted by Crippen LogP contribution is -2.47. The number of nitrogens with zero attached hydrogens (tertiary/aromatic N) is 5. The van der Waals surface area contributed by atoms with Gasteiger partial charge in [-0.25, -0.2) is 18.4 Å². The second kappa shape index (κ2) is 13.6. The van der Waals surface area contributed by atoms with Gasteiger partial charge in [-0.05, 0) is 43.8 Å². The molecule has 0 spiro atoms. The van der Waals surface area contributed by atoms with Crippen LogP contribution in [0.25, 0.3) is 0 Å². The van der Waals surface area contributed by atoms with Gasteiger partial charge in [-0.1, -0.05) is 12.6 Å². The number of alkyl halides is 3. The van der Waals surface area contributed by atoms with Gasteiger partial charge < -0.3 is 30.9 Å². The Morgan fingerprint density at radius 2 is 1.78 bits per heavy atom. The van der Waals surface area contributed by atoms with Crippen LogP contribution in [0.1, 0.15) is 21.5 Å². The first-order valence-electron chi connectivity index (χ1n) is 13.8. The number of likely N-dealkylation sites (N-methyl/N-ethyl adjacent to an activating group) is 1. The van der Waals surface area contributed by atoms with Gasteiger partial charge in [0.25, 0.3) is 5.91 Å². The summed E-state index contributed by atoms with van der Waals surface area (Å²) in [5.74, 6) is -0.532. The topological polar surface area (TPSA) is 166 Å². The molecule has 0 atom stereocenters. The van der Waals surface area contributed by atoms with Crippen molar-refractivity contribution in [1.29, 1.82) is 0 Å². The molecule has 2 heterocycles. The number of piperazine rings is 1. The maximum Gasteiger partial charge on any atom is 0.416 e. The highest BCUT2D eigenvalue weighted by Gasteiger charge is 2.33. The summed E-state index contributed by atoms with van der Waals surface area (Å²) in [6.45, 7) is 8.52. The number of aryl methyl sites for hydroxylation is 1. The molecule has 0 radical (unpaired) electrons. The molecule has 5 N–H and O–H groups in total. The molecule has 1 saturated heterocycles. The van der Waals surface area contributed by atoms with Gasteiger partial charge in [-0.15, -0.1) is 0 Å². The van der Waals surface area contributed by atoms with E-state index >= 15 is 0 Å². The van der Waals surface area contributed by atoms with E-state index in [4.69, 9.17) is 10.5 Å². The number of hydrogen-bond donors (Lipinski definition) is 4. The summed E-state index contributed by atoms with van der Waals surface area (Å²) in [5, 5.41) is 5.46. The van der Waals surface area contributed by atoms with E-state index in [2.05, 4.69) is 37.1 Å². The molecule has 1 amide bonds. The van der Waals surface area contributed by atoms with Crippen LogP contribution in [0.4, 0.5) is 30.2 Å². The van der Waals surface area contributed by atoms with Crippen molar-refractivity contribution in [2.45, 2.75) is 13.1 Å². The van der Waals surface area contributed by atoms with Crippen LogP contribution >= 0.6 is 0 Å². The number of amides is 1. The number of carbonyl (C=O) groups is 1. The Balaban J connectivity index is 1.67. The predicted octanol–water partition coefficient (Wildman–Crippen LogP) is 3.46. The SMILES string of the molecule is C=C/N=C1/C=NC(N2CCN(C)CC2)=N/C1=C(/N)Nc1cc(C(=O)Nc2cc(C(F)(F)F)cc(NS(C)(=O)=O)c2OC)ccc1C. The van der Waals surface area contributed by atoms with Crippen LogP contribution in [-0.2, 0) is 16.2 Å². The number of methoxy groups -OCH3 is 1. The number of guanidine groups is 1. The third-order valence-corrected chi connectivity index (χ3v) is 7.55. The second-order valence-corrected chi connectivity index (χ2v) is 12.3. The van der Waals surface area contributed by atoms with E-state index in [1.165, 1.54) is 24.5 Å². The standard InChI is InChI=1S/C29H34F3N9O4S/c1-6-34-23-16-35-28(41-11-9-40(3)10-12-41)38-24(23)26(33)36-20-13-18(8-7-17(20)2)27(42)37-21-14-19(29(30,31)32)15-22(25(21)45-4)39-46(5,43)44/h6-8,13-16,36,39H,1,9-12,33H2,2-5H3,(H,37,42)/b26-24-,34-23-. The number of aliphatic imine (C=N–C) groups is 3. The van der Waals surface area contributed by atoms with Crippen molar-refractivity contribution in [3.05, 3.63) is 71.3 Å². The fourth-order valence-corrected chi connectivity index (χ4v) is 5.14. The highest BCUT2D eigenvalue weighted by molar-refractivity contribution is 7.92. The fourth-order valence-electron chi connectivity index (χ4n) is 4.59. The Morgan fingerprint density at radius 3 is 2.39 bits per heavy atom. The maximum atomic E-state index is 13.7. The molecular formula is C29H34F3N9O4S.